The molecule has 100 valence electrons. The molecule has 0 aliphatic rings. The minimum absolute atomic E-state index is 0.0231. The summed E-state index contributed by atoms with van der Waals surface area (Å²) in [7, 11) is 0. The van der Waals surface area contributed by atoms with E-state index in [1.54, 1.807) is 6.92 Å². The molecule has 0 aromatic carbocycles. The molecule has 0 saturated heterocycles. The third-order valence-electron chi connectivity index (χ3n) is 1.66. The molecule has 8 heteroatoms. The Kier molecular flexibility index (Phi) is 9.95. The number of carbonyl (C=O) groups is 3. The lowest BCUT2D eigenvalue weighted by molar-refractivity contribution is -0.146. The van der Waals surface area contributed by atoms with E-state index in [1.807, 2.05) is 0 Å². The number of aliphatic hydroxyl groups excluding tert-OH is 1. The van der Waals surface area contributed by atoms with Crippen LogP contribution in [0.15, 0.2) is 0 Å². The van der Waals surface area contributed by atoms with Gasteiger partial charge in [0, 0.05) is 6.42 Å². The maximum atomic E-state index is 9.99. The number of carboxylic acid groups (broad SMARTS) is 3. The minimum Gasteiger partial charge on any atom is -0.481 e. The van der Waals surface area contributed by atoms with Crippen molar-refractivity contribution in [1.82, 2.24) is 0 Å². The van der Waals surface area contributed by atoms with E-state index in [1.165, 1.54) is 0 Å². The third kappa shape index (κ3) is 12.3. The van der Waals surface area contributed by atoms with E-state index in [0.717, 1.165) is 0 Å². The maximum Gasteiger partial charge on any atom is 0.332 e. The third-order valence-corrected chi connectivity index (χ3v) is 1.66. The van der Waals surface area contributed by atoms with E-state index < -0.39 is 30.1 Å². The van der Waals surface area contributed by atoms with E-state index >= 15 is 0 Å². The van der Waals surface area contributed by atoms with Crippen LogP contribution in [0.1, 0.15) is 26.2 Å². The van der Waals surface area contributed by atoms with Crippen LogP contribution in [0.3, 0.4) is 0 Å². The smallest absolute Gasteiger partial charge is 0.332 e. The Bertz CT molecular complexity index is 266. The normalized spacial score (nSPS) is 12.9. The molecule has 0 heterocycles. The van der Waals surface area contributed by atoms with Crippen molar-refractivity contribution < 1.29 is 34.8 Å². The SMILES string of the molecule is CCC(O)C(=O)O.N[C@@H](CCC(=O)O)C(=O)O. The molecule has 0 bridgehead atoms. The van der Waals surface area contributed by atoms with Gasteiger partial charge in [0.05, 0.1) is 0 Å². The van der Waals surface area contributed by atoms with Crippen molar-refractivity contribution in [2.45, 2.75) is 38.3 Å². The van der Waals surface area contributed by atoms with Crippen molar-refractivity contribution in [2.24, 2.45) is 5.73 Å². The minimum atomic E-state index is -1.18. The summed E-state index contributed by atoms with van der Waals surface area (Å²) in [6, 6.07) is -1.06. The number of nitrogens with two attached hydrogens (primary N) is 1. The largest absolute Gasteiger partial charge is 0.481 e. The summed E-state index contributed by atoms with van der Waals surface area (Å²) in [5.41, 5.74) is 5.00. The molecule has 0 aliphatic heterocycles. The van der Waals surface area contributed by atoms with Crippen molar-refractivity contribution in [3.8, 4) is 0 Å². The number of hydrogen-bond acceptors (Lipinski definition) is 5. The first kappa shape index (κ1) is 17.7. The van der Waals surface area contributed by atoms with Crippen LogP contribution in [-0.2, 0) is 14.4 Å². The van der Waals surface area contributed by atoms with Crippen molar-refractivity contribution in [3.05, 3.63) is 0 Å². The van der Waals surface area contributed by atoms with Gasteiger partial charge in [0.1, 0.15) is 6.04 Å². The Morgan fingerprint density at radius 2 is 1.59 bits per heavy atom. The average molecular weight is 251 g/mol. The van der Waals surface area contributed by atoms with Gasteiger partial charge in [-0.3, -0.25) is 9.59 Å². The maximum absolute atomic E-state index is 9.99. The topological polar surface area (TPSA) is 158 Å². The van der Waals surface area contributed by atoms with Crippen molar-refractivity contribution in [1.29, 1.82) is 0 Å². The van der Waals surface area contributed by atoms with E-state index in [0.29, 0.717) is 0 Å². The van der Waals surface area contributed by atoms with E-state index in [9.17, 15) is 14.4 Å². The molecule has 0 aromatic heterocycles. The molecule has 0 rings (SSSR count). The van der Waals surface area contributed by atoms with E-state index in [-0.39, 0.29) is 19.3 Å². The zero-order chi connectivity index (χ0) is 14.0. The quantitative estimate of drug-likeness (QED) is 0.406. The molecule has 2 atom stereocenters. The standard InChI is InChI=1S/C5H9NO4.C4H8O3/c6-3(5(9)10)1-2-4(7)8;1-2-3(5)4(6)7/h3H,1-2,6H2,(H,7,8)(H,9,10);3,5H,2H2,1H3,(H,6,7)/t3-;/m0./s1. The van der Waals surface area contributed by atoms with Crippen LogP contribution >= 0.6 is 0 Å². The molecule has 1 unspecified atom stereocenters. The number of aliphatic carboxylic acids is 3. The molecule has 0 fully saturated rings. The molecule has 6 N–H and O–H groups in total. The predicted octanol–water partition coefficient (Wildman–Crippen LogP) is -0.895. The zero-order valence-corrected chi connectivity index (χ0v) is 9.37. The van der Waals surface area contributed by atoms with Gasteiger partial charge in [-0.05, 0) is 12.8 Å². The number of carboxylic acids is 3. The van der Waals surface area contributed by atoms with Crippen molar-refractivity contribution in [2.75, 3.05) is 0 Å². The molecule has 8 nitrogen and oxygen atoms in total. The first-order valence-corrected chi connectivity index (χ1v) is 4.83. The Morgan fingerprint density at radius 3 is 1.76 bits per heavy atom. The summed E-state index contributed by atoms with van der Waals surface area (Å²) >= 11 is 0. The van der Waals surface area contributed by atoms with Gasteiger partial charge >= 0.3 is 17.9 Å². The van der Waals surface area contributed by atoms with Crippen molar-refractivity contribution >= 4 is 17.9 Å². The lowest BCUT2D eigenvalue weighted by Crippen LogP contribution is -2.30. The molecule has 0 aromatic rings. The Balaban J connectivity index is 0. The Labute approximate surface area is 97.7 Å². The van der Waals surface area contributed by atoms with Crippen molar-refractivity contribution in [3.63, 3.8) is 0 Å². The molecule has 0 radical (unpaired) electrons. The van der Waals surface area contributed by atoms with Gasteiger partial charge in [-0.15, -0.1) is 0 Å². The summed E-state index contributed by atoms with van der Waals surface area (Å²) in [5, 5.41) is 32.5. The molecular formula is C9H17NO7. The van der Waals surface area contributed by atoms with Crippen LogP contribution in [0.25, 0.3) is 0 Å². The highest BCUT2D eigenvalue weighted by Crippen LogP contribution is 1.93. The zero-order valence-electron chi connectivity index (χ0n) is 9.37. The Hall–Kier alpha value is -1.67. The number of hydrogen-bond donors (Lipinski definition) is 5. The van der Waals surface area contributed by atoms with Crippen LogP contribution in [0.5, 0.6) is 0 Å². The monoisotopic (exact) mass is 251 g/mol. The fourth-order valence-corrected chi connectivity index (χ4v) is 0.577. The fraction of sp³-hybridized carbons (Fsp3) is 0.667. The number of rotatable bonds is 6. The van der Waals surface area contributed by atoms with Crippen LogP contribution in [0, 0.1) is 0 Å². The fourth-order valence-electron chi connectivity index (χ4n) is 0.577. The van der Waals surface area contributed by atoms with Gasteiger partial charge in [-0.2, -0.15) is 0 Å². The lowest BCUT2D eigenvalue weighted by Gasteiger charge is -2.01. The molecular weight excluding hydrogens is 234 g/mol. The highest BCUT2D eigenvalue weighted by atomic mass is 16.4. The summed E-state index contributed by atoms with van der Waals surface area (Å²) in [6.07, 6.45) is -1.13. The number of aliphatic hydroxyl groups is 1. The van der Waals surface area contributed by atoms with Gasteiger partial charge in [0.25, 0.3) is 0 Å². The van der Waals surface area contributed by atoms with Gasteiger partial charge in [0.2, 0.25) is 0 Å². The van der Waals surface area contributed by atoms with Crippen LogP contribution in [0.2, 0.25) is 0 Å². The summed E-state index contributed by atoms with van der Waals surface area (Å²) in [4.78, 5) is 29.6. The van der Waals surface area contributed by atoms with E-state index in [2.05, 4.69) is 0 Å². The van der Waals surface area contributed by atoms with Crippen LogP contribution in [-0.4, -0.2) is 50.5 Å². The molecule has 17 heavy (non-hydrogen) atoms. The molecule has 0 aliphatic carbocycles. The molecule has 0 saturated carbocycles. The van der Waals surface area contributed by atoms with Gasteiger partial charge < -0.3 is 26.2 Å². The summed E-state index contributed by atoms with van der Waals surface area (Å²) in [6.45, 7) is 1.61. The highest BCUT2D eigenvalue weighted by Gasteiger charge is 2.12. The average Bonchev–Trinajstić information content (AvgIpc) is 2.24. The molecule has 0 amide bonds. The second kappa shape index (κ2) is 9.55. The second-order valence-electron chi connectivity index (χ2n) is 3.14. The summed E-state index contributed by atoms with van der Waals surface area (Å²) < 4.78 is 0. The van der Waals surface area contributed by atoms with Gasteiger partial charge in [-0.25, -0.2) is 4.79 Å². The first-order chi connectivity index (χ1) is 7.72. The van der Waals surface area contributed by atoms with E-state index in [4.69, 9.17) is 26.2 Å². The highest BCUT2D eigenvalue weighted by molar-refractivity contribution is 5.74. The van der Waals surface area contributed by atoms with Gasteiger partial charge in [0.15, 0.2) is 6.10 Å². The second-order valence-corrected chi connectivity index (χ2v) is 3.14. The van der Waals surface area contributed by atoms with Crippen LogP contribution < -0.4 is 5.73 Å². The van der Waals surface area contributed by atoms with Gasteiger partial charge in [-0.1, -0.05) is 6.92 Å². The molecule has 0 spiro atoms. The first-order valence-electron chi connectivity index (χ1n) is 4.83. The summed E-state index contributed by atoms with van der Waals surface area (Å²) in [5.74, 6) is -3.35. The lowest BCUT2D eigenvalue weighted by atomic mass is 10.2. The van der Waals surface area contributed by atoms with Crippen LogP contribution in [0.4, 0.5) is 0 Å². The Morgan fingerprint density at radius 1 is 1.12 bits per heavy atom. The predicted molar refractivity (Wildman–Crippen MR) is 56.4 cm³/mol.